The molecule has 2 N–H and O–H groups in total. The van der Waals surface area contributed by atoms with Crippen molar-refractivity contribution in [3.63, 3.8) is 0 Å². The van der Waals surface area contributed by atoms with Gasteiger partial charge in [-0.2, -0.15) is 0 Å². The summed E-state index contributed by atoms with van der Waals surface area (Å²) in [6, 6.07) is 5.42. The molecule has 2 aliphatic rings. The highest BCUT2D eigenvalue weighted by molar-refractivity contribution is 5.93. The van der Waals surface area contributed by atoms with Crippen molar-refractivity contribution in [2.75, 3.05) is 45.1 Å². The Labute approximate surface area is 144 Å². The monoisotopic (exact) mass is 331 g/mol. The first-order chi connectivity index (χ1) is 11.6. The van der Waals surface area contributed by atoms with E-state index >= 15 is 0 Å². The highest BCUT2D eigenvalue weighted by Crippen LogP contribution is 2.29. The van der Waals surface area contributed by atoms with E-state index in [0.717, 1.165) is 52.0 Å². The molecule has 0 aromatic carbocycles. The molecule has 0 saturated carbocycles. The first-order valence-electron chi connectivity index (χ1n) is 8.99. The normalized spacial score (nSPS) is 23.6. The largest absolute Gasteiger partial charge is 0.317 e. The van der Waals surface area contributed by atoms with Crippen LogP contribution in [0.1, 0.15) is 26.2 Å². The van der Waals surface area contributed by atoms with Gasteiger partial charge < -0.3 is 10.6 Å². The van der Waals surface area contributed by atoms with Crippen molar-refractivity contribution >= 4 is 11.7 Å². The fourth-order valence-corrected chi connectivity index (χ4v) is 3.92. The zero-order valence-corrected chi connectivity index (χ0v) is 14.8. The molecular weight excluding hydrogens is 302 g/mol. The minimum absolute atomic E-state index is 0.0299. The number of carbonyl (C=O) groups excluding carboxylic acids is 1. The van der Waals surface area contributed by atoms with E-state index in [0.29, 0.717) is 5.82 Å². The van der Waals surface area contributed by atoms with Gasteiger partial charge in [-0.3, -0.25) is 14.6 Å². The maximum absolute atomic E-state index is 12.7. The van der Waals surface area contributed by atoms with Crippen LogP contribution in [0.2, 0.25) is 0 Å². The van der Waals surface area contributed by atoms with Crippen molar-refractivity contribution in [1.29, 1.82) is 0 Å². The summed E-state index contributed by atoms with van der Waals surface area (Å²) < 4.78 is 0. The minimum Gasteiger partial charge on any atom is -0.317 e. The molecule has 6 heteroatoms. The van der Waals surface area contributed by atoms with Gasteiger partial charge in [-0.25, -0.2) is 4.98 Å². The number of carbonyl (C=O) groups is 1. The first kappa shape index (κ1) is 17.3. The summed E-state index contributed by atoms with van der Waals surface area (Å²) in [5, 5.41) is 6.41. The second-order valence-corrected chi connectivity index (χ2v) is 7.10. The molecule has 1 spiro atoms. The molecule has 2 fully saturated rings. The predicted molar refractivity (Wildman–Crippen MR) is 96.0 cm³/mol. The van der Waals surface area contributed by atoms with Crippen LogP contribution in [0.4, 0.5) is 5.82 Å². The van der Waals surface area contributed by atoms with Crippen LogP contribution < -0.4 is 10.6 Å². The van der Waals surface area contributed by atoms with Gasteiger partial charge in [-0.1, -0.05) is 6.07 Å². The predicted octanol–water partition coefficient (Wildman–Crippen LogP) is 1.17. The van der Waals surface area contributed by atoms with Crippen molar-refractivity contribution < 1.29 is 4.79 Å². The Hall–Kier alpha value is -1.50. The van der Waals surface area contributed by atoms with Gasteiger partial charge in [-0.15, -0.1) is 0 Å². The van der Waals surface area contributed by atoms with E-state index in [1.54, 1.807) is 6.20 Å². The smallest absolute Gasteiger partial charge is 0.242 e. The van der Waals surface area contributed by atoms with Gasteiger partial charge in [0.1, 0.15) is 5.82 Å². The van der Waals surface area contributed by atoms with Crippen LogP contribution in [0.25, 0.3) is 0 Å². The highest BCUT2D eigenvalue weighted by atomic mass is 16.2. The summed E-state index contributed by atoms with van der Waals surface area (Å²) in [6.07, 6.45) is 5.10. The van der Waals surface area contributed by atoms with E-state index in [-0.39, 0.29) is 17.5 Å². The highest BCUT2D eigenvalue weighted by Gasteiger charge is 2.40. The average molecular weight is 331 g/mol. The fourth-order valence-electron chi connectivity index (χ4n) is 3.92. The second-order valence-electron chi connectivity index (χ2n) is 7.10. The molecule has 24 heavy (non-hydrogen) atoms. The molecule has 0 aliphatic carbocycles. The van der Waals surface area contributed by atoms with Crippen LogP contribution in [0.15, 0.2) is 24.4 Å². The SMILES string of the molecule is C[C@@H](C(=O)Nc1ccccn1)N1CCCN(C)C2(CCNCC2)C1. The molecule has 1 aromatic rings. The molecule has 6 nitrogen and oxygen atoms in total. The number of pyridine rings is 1. The standard InChI is InChI=1S/C18H29N5O/c1-15(17(24)21-16-6-3-4-9-20-16)23-13-5-12-22(2)18(14-23)7-10-19-11-8-18/h3-4,6,9,15,19H,5,7-8,10-14H2,1-2H3,(H,20,21,24)/t15-/m0/s1. The van der Waals surface area contributed by atoms with Gasteiger partial charge >= 0.3 is 0 Å². The van der Waals surface area contributed by atoms with E-state index in [1.165, 1.54) is 0 Å². The Morgan fingerprint density at radius 2 is 2.12 bits per heavy atom. The maximum Gasteiger partial charge on any atom is 0.242 e. The molecule has 1 aromatic heterocycles. The number of piperidine rings is 1. The lowest BCUT2D eigenvalue weighted by Crippen LogP contribution is -2.59. The van der Waals surface area contributed by atoms with Crippen molar-refractivity contribution in [1.82, 2.24) is 20.1 Å². The third-order valence-electron chi connectivity index (χ3n) is 5.62. The number of hydrogen-bond acceptors (Lipinski definition) is 5. The van der Waals surface area contributed by atoms with E-state index in [1.807, 2.05) is 25.1 Å². The van der Waals surface area contributed by atoms with Crippen LogP contribution in [-0.4, -0.2) is 72.0 Å². The van der Waals surface area contributed by atoms with Crippen molar-refractivity contribution in [2.24, 2.45) is 0 Å². The molecule has 132 valence electrons. The van der Waals surface area contributed by atoms with Crippen molar-refractivity contribution in [3.8, 4) is 0 Å². The van der Waals surface area contributed by atoms with Gasteiger partial charge in [0.25, 0.3) is 0 Å². The number of likely N-dealkylation sites (N-methyl/N-ethyl adjacent to an activating group) is 1. The Morgan fingerprint density at radius 3 is 2.83 bits per heavy atom. The average Bonchev–Trinajstić information content (AvgIpc) is 2.76. The van der Waals surface area contributed by atoms with E-state index in [2.05, 4.69) is 32.5 Å². The molecule has 2 saturated heterocycles. The van der Waals surface area contributed by atoms with Gasteiger partial charge in [0.05, 0.1) is 6.04 Å². The lowest BCUT2D eigenvalue weighted by atomic mass is 9.86. The van der Waals surface area contributed by atoms with Crippen LogP contribution >= 0.6 is 0 Å². The number of hydrogen-bond donors (Lipinski definition) is 2. The summed E-state index contributed by atoms with van der Waals surface area (Å²) in [5.41, 5.74) is 0.196. The minimum atomic E-state index is -0.148. The van der Waals surface area contributed by atoms with Gasteiger partial charge in [0.2, 0.25) is 5.91 Å². The third kappa shape index (κ3) is 3.77. The maximum atomic E-state index is 12.7. The molecule has 3 rings (SSSR count). The summed E-state index contributed by atoms with van der Waals surface area (Å²) in [6.45, 7) is 7.17. The lowest BCUT2D eigenvalue weighted by Gasteiger charge is -2.46. The summed E-state index contributed by atoms with van der Waals surface area (Å²) in [5.74, 6) is 0.653. The fraction of sp³-hybridized carbons (Fsp3) is 0.667. The van der Waals surface area contributed by atoms with Crippen molar-refractivity contribution in [2.45, 2.75) is 37.8 Å². The summed E-state index contributed by atoms with van der Waals surface area (Å²) in [7, 11) is 2.24. The molecule has 1 atom stereocenters. The van der Waals surface area contributed by atoms with E-state index in [9.17, 15) is 4.79 Å². The zero-order valence-electron chi connectivity index (χ0n) is 14.8. The quantitative estimate of drug-likeness (QED) is 0.871. The Kier molecular flexibility index (Phi) is 5.48. The Balaban J connectivity index is 1.69. The number of rotatable bonds is 3. The number of amides is 1. The van der Waals surface area contributed by atoms with Gasteiger partial charge in [0.15, 0.2) is 0 Å². The lowest BCUT2D eigenvalue weighted by molar-refractivity contribution is -0.121. The number of nitrogens with one attached hydrogen (secondary N) is 2. The third-order valence-corrected chi connectivity index (χ3v) is 5.62. The van der Waals surface area contributed by atoms with E-state index in [4.69, 9.17) is 0 Å². The number of aromatic nitrogens is 1. The van der Waals surface area contributed by atoms with E-state index < -0.39 is 0 Å². The first-order valence-corrected chi connectivity index (χ1v) is 8.99. The van der Waals surface area contributed by atoms with Crippen LogP contribution in [-0.2, 0) is 4.79 Å². The Morgan fingerprint density at radius 1 is 1.33 bits per heavy atom. The number of nitrogens with zero attached hydrogens (tertiary/aromatic N) is 3. The summed E-state index contributed by atoms with van der Waals surface area (Å²) >= 11 is 0. The van der Waals surface area contributed by atoms with Crippen molar-refractivity contribution in [3.05, 3.63) is 24.4 Å². The number of anilines is 1. The Bertz CT molecular complexity index is 544. The molecule has 1 amide bonds. The molecule has 2 aliphatic heterocycles. The zero-order chi connectivity index (χ0) is 17.0. The van der Waals surface area contributed by atoms with Gasteiger partial charge in [-0.05, 0) is 65.0 Å². The second kappa shape index (κ2) is 7.59. The topological polar surface area (TPSA) is 60.5 Å². The van der Waals surface area contributed by atoms with Crippen LogP contribution in [0.5, 0.6) is 0 Å². The van der Waals surface area contributed by atoms with Crippen LogP contribution in [0, 0.1) is 0 Å². The van der Waals surface area contributed by atoms with Gasteiger partial charge in [0, 0.05) is 24.8 Å². The molecular formula is C18H29N5O. The van der Waals surface area contributed by atoms with Crippen LogP contribution in [0.3, 0.4) is 0 Å². The molecule has 0 radical (unpaired) electrons. The summed E-state index contributed by atoms with van der Waals surface area (Å²) in [4.78, 5) is 21.7. The molecule has 0 unspecified atom stereocenters. The molecule has 3 heterocycles. The molecule has 0 bridgehead atoms.